The first kappa shape index (κ1) is 14.1. The van der Waals surface area contributed by atoms with E-state index in [0.717, 1.165) is 5.69 Å². The van der Waals surface area contributed by atoms with Crippen molar-refractivity contribution in [2.45, 2.75) is 6.42 Å². The molecule has 1 heterocycles. The molecule has 0 atom stereocenters. The van der Waals surface area contributed by atoms with Crippen LogP contribution < -0.4 is 14.8 Å². The van der Waals surface area contributed by atoms with Crippen LogP contribution in [0.3, 0.4) is 0 Å². The van der Waals surface area contributed by atoms with Gasteiger partial charge in [-0.2, -0.15) is 0 Å². The van der Waals surface area contributed by atoms with E-state index in [1.54, 1.807) is 31.7 Å². The van der Waals surface area contributed by atoms with Gasteiger partial charge in [0, 0.05) is 17.1 Å². The highest BCUT2D eigenvalue weighted by Crippen LogP contribution is 2.31. The average Bonchev–Trinajstić information content (AvgIpc) is 2.85. The van der Waals surface area contributed by atoms with Crippen LogP contribution in [0.5, 0.6) is 11.5 Å². The van der Waals surface area contributed by atoms with Crippen LogP contribution in [0.2, 0.25) is 0 Å². The van der Waals surface area contributed by atoms with Gasteiger partial charge in [0.25, 0.3) is 0 Å². The standard InChI is InChI=1S/C13H14N2O4S/c1-18-10-4-3-8(5-11(10)19-2)14-13-15-9(7-20-13)6-12(16)17/h3-5,7H,6H2,1-2H3,(H,14,15)(H,16,17). The largest absolute Gasteiger partial charge is 0.493 e. The maximum absolute atomic E-state index is 10.6. The van der Waals surface area contributed by atoms with E-state index in [4.69, 9.17) is 14.6 Å². The summed E-state index contributed by atoms with van der Waals surface area (Å²) in [5, 5.41) is 14.2. The summed E-state index contributed by atoms with van der Waals surface area (Å²) in [6, 6.07) is 5.41. The molecular formula is C13H14N2O4S. The van der Waals surface area contributed by atoms with Gasteiger partial charge in [-0.3, -0.25) is 4.79 Å². The van der Waals surface area contributed by atoms with Crippen LogP contribution >= 0.6 is 11.3 Å². The quantitative estimate of drug-likeness (QED) is 0.852. The van der Waals surface area contributed by atoms with Gasteiger partial charge in [0.1, 0.15) is 0 Å². The Bertz CT molecular complexity index is 612. The summed E-state index contributed by atoms with van der Waals surface area (Å²) in [4.78, 5) is 14.8. The highest BCUT2D eigenvalue weighted by molar-refractivity contribution is 7.13. The Balaban J connectivity index is 2.13. The van der Waals surface area contributed by atoms with Crippen LogP contribution in [0.25, 0.3) is 0 Å². The molecule has 2 aromatic rings. The van der Waals surface area contributed by atoms with Gasteiger partial charge < -0.3 is 19.9 Å². The summed E-state index contributed by atoms with van der Waals surface area (Å²) in [5.74, 6) is 0.358. The smallest absolute Gasteiger partial charge is 0.309 e. The van der Waals surface area contributed by atoms with Gasteiger partial charge >= 0.3 is 5.97 Å². The minimum absolute atomic E-state index is 0.0793. The minimum Gasteiger partial charge on any atom is -0.493 e. The van der Waals surface area contributed by atoms with Crippen LogP contribution in [0, 0.1) is 0 Å². The molecule has 1 aromatic carbocycles. The van der Waals surface area contributed by atoms with Crippen molar-refractivity contribution in [3.05, 3.63) is 29.3 Å². The van der Waals surface area contributed by atoms with E-state index in [0.29, 0.717) is 22.3 Å². The Hall–Kier alpha value is -2.28. The molecular weight excluding hydrogens is 280 g/mol. The topological polar surface area (TPSA) is 80.7 Å². The van der Waals surface area contributed by atoms with Gasteiger partial charge in [0.2, 0.25) is 0 Å². The second-order valence-corrected chi connectivity index (χ2v) is 4.77. The molecule has 0 aliphatic carbocycles. The molecule has 0 unspecified atom stereocenters. The highest BCUT2D eigenvalue weighted by atomic mass is 32.1. The molecule has 106 valence electrons. The number of aromatic nitrogens is 1. The monoisotopic (exact) mass is 294 g/mol. The highest BCUT2D eigenvalue weighted by Gasteiger charge is 2.08. The molecule has 2 N–H and O–H groups in total. The van der Waals surface area contributed by atoms with Gasteiger partial charge in [-0.25, -0.2) is 4.98 Å². The Morgan fingerprint density at radius 3 is 2.75 bits per heavy atom. The maximum Gasteiger partial charge on any atom is 0.309 e. The Morgan fingerprint density at radius 2 is 2.10 bits per heavy atom. The van der Waals surface area contributed by atoms with Crippen molar-refractivity contribution in [1.82, 2.24) is 4.98 Å². The number of carboxylic acid groups (broad SMARTS) is 1. The summed E-state index contributed by atoms with van der Waals surface area (Å²) < 4.78 is 10.4. The molecule has 0 aliphatic rings. The third-order valence-corrected chi connectivity index (χ3v) is 3.33. The van der Waals surface area contributed by atoms with Gasteiger partial charge in [-0.15, -0.1) is 11.3 Å². The third kappa shape index (κ3) is 3.39. The van der Waals surface area contributed by atoms with Crippen molar-refractivity contribution in [2.24, 2.45) is 0 Å². The lowest BCUT2D eigenvalue weighted by Crippen LogP contribution is -2.00. The molecule has 20 heavy (non-hydrogen) atoms. The van der Waals surface area contributed by atoms with Crippen LogP contribution in [-0.2, 0) is 11.2 Å². The van der Waals surface area contributed by atoms with Crippen molar-refractivity contribution in [3.63, 3.8) is 0 Å². The fraction of sp³-hybridized carbons (Fsp3) is 0.231. The first-order chi connectivity index (χ1) is 9.62. The number of nitrogens with one attached hydrogen (secondary N) is 1. The SMILES string of the molecule is COc1ccc(Nc2nc(CC(=O)O)cs2)cc1OC. The zero-order valence-electron chi connectivity index (χ0n) is 11.0. The Kier molecular flexibility index (Phi) is 4.41. The van der Waals surface area contributed by atoms with Crippen LogP contribution in [0.1, 0.15) is 5.69 Å². The second kappa shape index (κ2) is 6.25. The van der Waals surface area contributed by atoms with Crippen LogP contribution in [-0.4, -0.2) is 30.3 Å². The molecule has 7 heteroatoms. The number of hydrogen-bond acceptors (Lipinski definition) is 6. The summed E-state index contributed by atoms with van der Waals surface area (Å²) in [5.41, 5.74) is 1.32. The fourth-order valence-electron chi connectivity index (χ4n) is 1.64. The van der Waals surface area contributed by atoms with E-state index in [1.165, 1.54) is 11.3 Å². The molecule has 0 saturated carbocycles. The van der Waals surface area contributed by atoms with E-state index in [1.807, 2.05) is 6.07 Å². The van der Waals surface area contributed by atoms with Gasteiger partial charge in [0.05, 0.1) is 26.3 Å². The normalized spacial score (nSPS) is 10.1. The van der Waals surface area contributed by atoms with Crippen molar-refractivity contribution in [2.75, 3.05) is 19.5 Å². The summed E-state index contributed by atoms with van der Waals surface area (Å²) in [6.45, 7) is 0. The zero-order valence-corrected chi connectivity index (χ0v) is 11.9. The van der Waals surface area contributed by atoms with Crippen molar-refractivity contribution < 1.29 is 19.4 Å². The molecule has 0 bridgehead atoms. The molecule has 0 saturated heterocycles. The first-order valence-corrected chi connectivity index (χ1v) is 6.65. The van der Waals surface area contributed by atoms with Crippen molar-refractivity contribution >= 4 is 28.1 Å². The molecule has 0 radical (unpaired) electrons. The lowest BCUT2D eigenvalue weighted by Gasteiger charge is -2.09. The van der Waals surface area contributed by atoms with Gasteiger partial charge in [-0.05, 0) is 12.1 Å². The maximum atomic E-state index is 10.6. The number of methoxy groups -OCH3 is 2. The Labute approximate surface area is 120 Å². The van der Waals surface area contributed by atoms with Gasteiger partial charge in [0.15, 0.2) is 16.6 Å². The fourth-order valence-corrected chi connectivity index (χ4v) is 2.37. The average molecular weight is 294 g/mol. The number of thiazole rings is 1. The Morgan fingerprint density at radius 1 is 1.35 bits per heavy atom. The zero-order chi connectivity index (χ0) is 14.5. The third-order valence-electron chi connectivity index (χ3n) is 2.52. The number of ether oxygens (including phenoxy) is 2. The van der Waals surface area contributed by atoms with E-state index in [9.17, 15) is 4.79 Å². The number of rotatable bonds is 6. The number of carbonyl (C=O) groups is 1. The summed E-state index contributed by atoms with van der Waals surface area (Å²) >= 11 is 1.35. The predicted octanol–water partition coefficient (Wildman–Crippen LogP) is 2.53. The second-order valence-electron chi connectivity index (χ2n) is 3.91. The van der Waals surface area contributed by atoms with Crippen LogP contribution in [0.15, 0.2) is 23.6 Å². The first-order valence-electron chi connectivity index (χ1n) is 5.77. The molecule has 0 fully saturated rings. The van der Waals surface area contributed by atoms with E-state index < -0.39 is 5.97 Å². The number of nitrogens with zero attached hydrogens (tertiary/aromatic N) is 1. The summed E-state index contributed by atoms with van der Waals surface area (Å²) in [7, 11) is 3.14. The summed E-state index contributed by atoms with van der Waals surface area (Å²) in [6.07, 6.45) is -0.0793. The molecule has 2 rings (SSSR count). The molecule has 0 aliphatic heterocycles. The number of anilines is 2. The van der Waals surface area contributed by atoms with Crippen molar-refractivity contribution in [1.29, 1.82) is 0 Å². The lowest BCUT2D eigenvalue weighted by atomic mass is 10.3. The molecule has 6 nitrogen and oxygen atoms in total. The molecule has 1 aromatic heterocycles. The lowest BCUT2D eigenvalue weighted by molar-refractivity contribution is -0.136. The minimum atomic E-state index is -0.895. The number of hydrogen-bond donors (Lipinski definition) is 2. The number of carboxylic acids is 1. The van der Waals surface area contributed by atoms with E-state index in [2.05, 4.69) is 10.3 Å². The molecule has 0 amide bonds. The van der Waals surface area contributed by atoms with E-state index in [-0.39, 0.29) is 6.42 Å². The number of aliphatic carboxylic acids is 1. The predicted molar refractivity (Wildman–Crippen MR) is 76.3 cm³/mol. The number of benzene rings is 1. The van der Waals surface area contributed by atoms with E-state index >= 15 is 0 Å². The van der Waals surface area contributed by atoms with Gasteiger partial charge in [-0.1, -0.05) is 0 Å². The van der Waals surface area contributed by atoms with Crippen molar-refractivity contribution in [3.8, 4) is 11.5 Å². The van der Waals surface area contributed by atoms with Crippen LogP contribution in [0.4, 0.5) is 10.8 Å². The molecule has 0 spiro atoms.